The summed E-state index contributed by atoms with van der Waals surface area (Å²) in [6.45, 7) is 5.85. The summed E-state index contributed by atoms with van der Waals surface area (Å²) in [4.78, 5) is 10.6. The van der Waals surface area contributed by atoms with Gasteiger partial charge in [0.15, 0.2) is 0 Å². The van der Waals surface area contributed by atoms with Crippen LogP contribution in [0.1, 0.15) is 11.1 Å². The van der Waals surface area contributed by atoms with Gasteiger partial charge in [-0.1, -0.05) is 24.3 Å². The van der Waals surface area contributed by atoms with E-state index in [-0.39, 0.29) is 12.5 Å². The van der Waals surface area contributed by atoms with Crippen LogP contribution in [0.3, 0.4) is 0 Å². The zero-order valence-electron chi connectivity index (χ0n) is 8.21. The lowest BCUT2D eigenvalue weighted by molar-refractivity contribution is -0.116. The molecule has 1 rings (SSSR count). The highest BCUT2D eigenvalue weighted by molar-refractivity contribution is 5.80. The molecule has 0 heterocycles. The molecule has 3 nitrogen and oxygen atoms in total. The zero-order valence-corrected chi connectivity index (χ0v) is 8.21. The maximum atomic E-state index is 10.6. The molecule has 14 heavy (non-hydrogen) atoms. The van der Waals surface area contributed by atoms with Crippen LogP contribution in [0.15, 0.2) is 24.8 Å². The molecule has 1 amide bonds. The molecule has 0 bridgehead atoms. The average molecular weight is 190 g/mol. The van der Waals surface area contributed by atoms with Crippen LogP contribution in [0, 0.1) is 6.92 Å². The highest BCUT2D eigenvalue weighted by Crippen LogP contribution is 2.17. The topological polar surface area (TPSA) is 55.1 Å². The van der Waals surface area contributed by atoms with E-state index >= 15 is 0 Å². The van der Waals surface area contributed by atoms with Crippen molar-refractivity contribution in [3.8, 4) is 0 Å². The predicted molar refractivity (Wildman–Crippen MR) is 59.0 cm³/mol. The van der Waals surface area contributed by atoms with E-state index in [1.165, 1.54) is 0 Å². The van der Waals surface area contributed by atoms with Gasteiger partial charge in [0.1, 0.15) is 0 Å². The number of anilines is 1. The number of hydrogen-bond donors (Lipinski definition) is 2. The van der Waals surface area contributed by atoms with Gasteiger partial charge in [-0.15, -0.1) is 0 Å². The van der Waals surface area contributed by atoms with Gasteiger partial charge < -0.3 is 11.1 Å². The van der Waals surface area contributed by atoms with E-state index in [0.29, 0.717) is 0 Å². The molecule has 0 atom stereocenters. The Morgan fingerprint density at radius 3 is 2.93 bits per heavy atom. The van der Waals surface area contributed by atoms with Gasteiger partial charge >= 0.3 is 0 Å². The summed E-state index contributed by atoms with van der Waals surface area (Å²) >= 11 is 0. The third-order valence-electron chi connectivity index (χ3n) is 1.88. The second-order valence-corrected chi connectivity index (χ2v) is 3.11. The minimum Gasteiger partial charge on any atom is -0.376 e. The van der Waals surface area contributed by atoms with Crippen LogP contribution in [0.25, 0.3) is 6.08 Å². The van der Waals surface area contributed by atoms with Crippen molar-refractivity contribution in [3.63, 3.8) is 0 Å². The number of rotatable bonds is 4. The molecule has 1 aromatic carbocycles. The van der Waals surface area contributed by atoms with Gasteiger partial charge in [0.05, 0.1) is 6.54 Å². The first-order valence-corrected chi connectivity index (χ1v) is 4.38. The van der Waals surface area contributed by atoms with Crippen molar-refractivity contribution in [1.29, 1.82) is 0 Å². The largest absolute Gasteiger partial charge is 0.376 e. The number of hydrogen-bond acceptors (Lipinski definition) is 2. The number of benzene rings is 1. The Bertz CT molecular complexity index is 358. The standard InChI is InChI=1S/C11H14N2O/c1-3-9-6-8(2)4-5-10(9)13-7-11(12)14/h3-6,13H,1,7H2,2H3,(H2,12,14). The van der Waals surface area contributed by atoms with E-state index in [1.54, 1.807) is 6.08 Å². The van der Waals surface area contributed by atoms with E-state index in [9.17, 15) is 4.79 Å². The van der Waals surface area contributed by atoms with Gasteiger partial charge in [0.2, 0.25) is 5.91 Å². The van der Waals surface area contributed by atoms with Crippen molar-refractivity contribution in [3.05, 3.63) is 35.9 Å². The molecule has 74 valence electrons. The van der Waals surface area contributed by atoms with Crippen molar-refractivity contribution in [2.75, 3.05) is 11.9 Å². The lowest BCUT2D eigenvalue weighted by Gasteiger charge is -2.08. The summed E-state index contributed by atoms with van der Waals surface area (Å²) in [5.41, 5.74) is 8.05. The quantitative estimate of drug-likeness (QED) is 0.756. The normalized spacial score (nSPS) is 9.50. The Morgan fingerprint density at radius 1 is 1.64 bits per heavy atom. The van der Waals surface area contributed by atoms with Gasteiger partial charge in [0, 0.05) is 5.69 Å². The van der Waals surface area contributed by atoms with E-state index < -0.39 is 0 Å². The fourth-order valence-corrected chi connectivity index (χ4v) is 1.19. The Hall–Kier alpha value is -1.77. The first-order chi connectivity index (χ1) is 6.63. The zero-order chi connectivity index (χ0) is 10.6. The molecule has 3 N–H and O–H groups in total. The summed E-state index contributed by atoms with van der Waals surface area (Å²) in [6, 6.07) is 5.88. The lowest BCUT2D eigenvalue weighted by atomic mass is 10.1. The molecule has 0 fully saturated rings. The number of nitrogens with one attached hydrogen (secondary N) is 1. The van der Waals surface area contributed by atoms with Crippen molar-refractivity contribution >= 4 is 17.7 Å². The fraction of sp³-hybridized carbons (Fsp3) is 0.182. The first-order valence-electron chi connectivity index (χ1n) is 4.38. The SMILES string of the molecule is C=Cc1cc(C)ccc1NCC(N)=O. The minimum absolute atomic E-state index is 0.143. The maximum absolute atomic E-state index is 10.6. The summed E-state index contributed by atoms with van der Waals surface area (Å²) < 4.78 is 0. The van der Waals surface area contributed by atoms with Gasteiger partial charge in [-0.05, 0) is 24.6 Å². The number of aryl methyl sites for hydroxylation is 1. The molecule has 0 saturated heterocycles. The van der Waals surface area contributed by atoms with Crippen LogP contribution >= 0.6 is 0 Å². The molecule has 0 saturated carbocycles. The van der Waals surface area contributed by atoms with Crippen LogP contribution < -0.4 is 11.1 Å². The summed E-state index contributed by atoms with van der Waals surface area (Å²) in [6.07, 6.45) is 1.75. The van der Waals surface area contributed by atoms with E-state index in [4.69, 9.17) is 5.73 Å². The number of carbonyl (C=O) groups excluding carboxylic acids is 1. The number of amides is 1. The first kappa shape index (κ1) is 10.3. The van der Waals surface area contributed by atoms with Crippen LogP contribution in [0.2, 0.25) is 0 Å². The molecule has 0 aliphatic heterocycles. The van der Waals surface area contributed by atoms with Crippen LogP contribution in [-0.2, 0) is 4.79 Å². The highest BCUT2D eigenvalue weighted by atomic mass is 16.1. The Balaban J connectivity index is 2.85. The molecule has 0 radical (unpaired) electrons. The molecule has 0 unspecified atom stereocenters. The Kier molecular flexibility index (Phi) is 3.29. The van der Waals surface area contributed by atoms with Gasteiger partial charge in [0.25, 0.3) is 0 Å². The highest BCUT2D eigenvalue weighted by Gasteiger charge is 2.00. The third kappa shape index (κ3) is 2.62. The predicted octanol–water partition coefficient (Wildman–Crippen LogP) is 1.54. The molecular weight excluding hydrogens is 176 g/mol. The second kappa shape index (κ2) is 4.46. The maximum Gasteiger partial charge on any atom is 0.236 e. The third-order valence-corrected chi connectivity index (χ3v) is 1.88. The van der Waals surface area contributed by atoms with Gasteiger partial charge in [-0.3, -0.25) is 4.79 Å². The van der Waals surface area contributed by atoms with E-state index in [2.05, 4.69) is 11.9 Å². The fourth-order valence-electron chi connectivity index (χ4n) is 1.19. The van der Waals surface area contributed by atoms with Crippen molar-refractivity contribution in [1.82, 2.24) is 0 Å². The van der Waals surface area contributed by atoms with E-state index in [1.807, 2.05) is 25.1 Å². The summed E-state index contributed by atoms with van der Waals surface area (Å²) in [5.74, 6) is -0.374. The molecule has 0 aromatic heterocycles. The van der Waals surface area contributed by atoms with Crippen molar-refractivity contribution < 1.29 is 4.79 Å². The van der Waals surface area contributed by atoms with Crippen LogP contribution in [0.4, 0.5) is 5.69 Å². The monoisotopic (exact) mass is 190 g/mol. The number of carbonyl (C=O) groups is 1. The number of primary amides is 1. The van der Waals surface area contributed by atoms with E-state index in [0.717, 1.165) is 16.8 Å². The van der Waals surface area contributed by atoms with Gasteiger partial charge in [-0.25, -0.2) is 0 Å². The smallest absolute Gasteiger partial charge is 0.236 e. The number of nitrogens with two attached hydrogens (primary N) is 1. The molecule has 0 spiro atoms. The minimum atomic E-state index is -0.374. The Labute approximate surface area is 83.6 Å². The molecular formula is C11H14N2O. The van der Waals surface area contributed by atoms with Crippen LogP contribution in [0.5, 0.6) is 0 Å². The Morgan fingerprint density at radius 2 is 2.36 bits per heavy atom. The van der Waals surface area contributed by atoms with Crippen molar-refractivity contribution in [2.45, 2.75) is 6.92 Å². The van der Waals surface area contributed by atoms with Crippen molar-refractivity contribution in [2.24, 2.45) is 5.73 Å². The lowest BCUT2D eigenvalue weighted by Crippen LogP contribution is -2.22. The summed E-state index contributed by atoms with van der Waals surface area (Å²) in [7, 11) is 0. The second-order valence-electron chi connectivity index (χ2n) is 3.11. The van der Waals surface area contributed by atoms with Gasteiger partial charge in [-0.2, -0.15) is 0 Å². The molecule has 3 heteroatoms. The molecule has 0 aliphatic carbocycles. The van der Waals surface area contributed by atoms with Crippen LogP contribution in [-0.4, -0.2) is 12.5 Å². The summed E-state index contributed by atoms with van der Waals surface area (Å²) in [5, 5.41) is 2.95. The molecule has 0 aliphatic rings. The average Bonchev–Trinajstić information content (AvgIpc) is 2.15. The molecule has 1 aromatic rings.